The van der Waals surface area contributed by atoms with E-state index in [0.29, 0.717) is 0 Å². The van der Waals surface area contributed by atoms with Crippen molar-refractivity contribution in [1.29, 1.82) is 0 Å². The zero-order valence-electron chi connectivity index (χ0n) is 11.5. The van der Waals surface area contributed by atoms with Crippen LogP contribution >= 0.6 is 0 Å². The molecular weight excluding hydrogens is 248 g/mol. The molecule has 2 aromatic rings. The number of aryl methyl sites for hydroxylation is 1. The summed E-state index contributed by atoms with van der Waals surface area (Å²) in [4.78, 5) is 18.9. The third-order valence-corrected chi connectivity index (χ3v) is 4.77. The first-order chi connectivity index (χ1) is 9.75. The van der Waals surface area contributed by atoms with Crippen molar-refractivity contribution in [1.82, 2.24) is 4.98 Å². The van der Waals surface area contributed by atoms with Gasteiger partial charge in [-0.3, -0.25) is 9.78 Å². The van der Waals surface area contributed by atoms with Gasteiger partial charge in [-0.05, 0) is 42.0 Å². The normalized spacial score (nSPS) is 23.9. The number of rotatable bonds is 0. The third-order valence-electron chi connectivity index (χ3n) is 4.77. The van der Waals surface area contributed by atoms with Gasteiger partial charge in [0, 0.05) is 13.2 Å². The molecule has 3 nitrogen and oxygen atoms in total. The molecule has 1 unspecified atom stereocenters. The molecule has 2 heterocycles. The number of fused-ring (bicyclic) bond motifs is 4. The molecule has 0 N–H and O–H groups in total. The lowest BCUT2D eigenvalue weighted by Crippen LogP contribution is -2.42. The zero-order valence-corrected chi connectivity index (χ0v) is 11.5. The van der Waals surface area contributed by atoms with Crippen LogP contribution in [0.5, 0.6) is 0 Å². The number of aromatic nitrogens is 1. The number of amides is 1. The van der Waals surface area contributed by atoms with Crippen LogP contribution in [0.4, 0.5) is 5.69 Å². The van der Waals surface area contributed by atoms with Gasteiger partial charge in [-0.2, -0.15) is 0 Å². The second kappa shape index (κ2) is 3.92. The van der Waals surface area contributed by atoms with Gasteiger partial charge in [0.2, 0.25) is 5.91 Å². The fourth-order valence-electron chi connectivity index (χ4n) is 3.86. The molecule has 0 saturated carbocycles. The molecule has 2 aliphatic rings. The minimum absolute atomic E-state index is 0.188. The molecule has 1 aliphatic heterocycles. The van der Waals surface area contributed by atoms with Crippen molar-refractivity contribution in [3.8, 4) is 0 Å². The highest BCUT2D eigenvalue weighted by Gasteiger charge is 2.52. The van der Waals surface area contributed by atoms with Crippen molar-refractivity contribution in [3.05, 3.63) is 59.4 Å². The molecule has 0 radical (unpaired) electrons. The first-order valence-electron chi connectivity index (χ1n) is 7.06. The van der Waals surface area contributed by atoms with Crippen LogP contribution in [0.15, 0.2) is 42.7 Å². The Morgan fingerprint density at radius 3 is 2.95 bits per heavy atom. The van der Waals surface area contributed by atoms with Gasteiger partial charge in [-0.15, -0.1) is 0 Å². The Balaban J connectivity index is 2.05. The maximum atomic E-state index is 13.0. The summed E-state index contributed by atoms with van der Waals surface area (Å²) in [6.45, 7) is 0. The minimum Gasteiger partial charge on any atom is -0.313 e. The van der Waals surface area contributed by atoms with Crippen molar-refractivity contribution in [2.75, 3.05) is 11.9 Å². The standard InChI is InChI=1S/C17H16N2O/c1-19-15-11-18-10-8-14(15)17(16(19)20)9-4-6-12-5-2-3-7-13(12)17/h2-3,5,7-8,10-11H,4,6,9H2,1H3. The first kappa shape index (κ1) is 11.6. The summed E-state index contributed by atoms with van der Waals surface area (Å²) in [5.74, 6) is 0.188. The molecular formula is C17H16N2O. The van der Waals surface area contributed by atoms with Gasteiger partial charge in [0.05, 0.1) is 11.9 Å². The summed E-state index contributed by atoms with van der Waals surface area (Å²) in [5.41, 5.74) is 4.08. The Kier molecular flexibility index (Phi) is 2.28. The summed E-state index contributed by atoms with van der Waals surface area (Å²) in [5, 5.41) is 0. The number of nitrogens with zero attached hydrogens (tertiary/aromatic N) is 2. The quantitative estimate of drug-likeness (QED) is 0.733. The SMILES string of the molecule is CN1C(=O)C2(CCCc3ccccc32)c2ccncc21. The van der Waals surface area contributed by atoms with E-state index in [1.54, 1.807) is 17.3 Å². The average molecular weight is 264 g/mol. The van der Waals surface area contributed by atoms with Gasteiger partial charge in [-0.1, -0.05) is 24.3 Å². The number of likely N-dealkylation sites (N-methyl/N-ethyl adjacent to an activating group) is 1. The molecule has 3 heteroatoms. The van der Waals surface area contributed by atoms with Gasteiger partial charge >= 0.3 is 0 Å². The summed E-state index contributed by atoms with van der Waals surface area (Å²) in [6.07, 6.45) is 6.61. The molecule has 100 valence electrons. The predicted molar refractivity (Wildman–Crippen MR) is 77.8 cm³/mol. The van der Waals surface area contributed by atoms with Crippen LogP contribution < -0.4 is 4.90 Å². The van der Waals surface area contributed by atoms with Crippen molar-refractivity contribution >= 4 is 11.6 Å². The van der Waals surface area contributed by atoms with Crippen molar-refractivity contribution in [2.24, 2.45) is 0 Å². The van der Waals surface area contributed by atoms with Gasteiger partial charge in [0.15, 0.2) is 0 Å². The number of carbonyl (C=O) groups excluding carboxylic acids is 1. The van der Waals surface area contributed by atoms with Gasteiger partial charge in [-0.25, -0.2) is 0 Å². The van der Waals surface area contributed by atoms with E-state index in [1.165, 1.54) is 11.1 Å². The molecule has 0 bridgehead atoms. The van der Waals surface area contributed by atoms with Gasteiger partial charge in [0.1, 0.15) is 5.41 Å². The number of carbonyl (C=O) groups is 1. The fourth-order valence-corrected chi connectivity index (χ4v) is 3.86. The van der Waals surface area contributed by atoms with Crippen molar-refractivity contribution in [2.45, 2.75) is 24.7 Å². The summed E-state index contributed by atoms with van der Waals surface area (Å²) >= 11 is 0. The third kappa shape index (κ3) is 1.25. The first-order valence-corrected chi connectivity index (χ1v) is 7.06. The Morgan fingerprint density at radius 2 is 2.05 bits per heavy atom. The molecule has 1 spiro atoms. The monoisotopic (exact) mass is 264 g/mol. The lowest BCUT2D eigenvalue weighted by Gasteiger charge is -2.34. The van der Waals surface area contributed by atoms with E-state index < -0.39 is 5.41 Å². The van der Waals surface area contributed by atoms with E-state index in [2.05, 4.69) is 23.2 Å². The van der Waals surface area contributed by atoms with Crippen molar-refractivity contribution in [3.63, 3.8) is 0 Å². The lowest BCUT2D eigenvalue weighted by atomic mass is 9.67. The highest BCUT2D eigenvalue weighted by atomic mass is 16.2. The second-order valence-electron chi connectivity index (χ2n) is 5.67. The van der Waals surface area contributed by atoms with E-state index in [9.17, 15) is 4.79 Å². The van der Waals surface area contributed by atoms with Gasteiger partial charge < -0.3 is 4.90 Å². The second-order valence-corrected chi connectivity index (χ2v) is 5.67. The lowest BCUT2D eigenvalue weighted by molar-refractivity contribution is -0.122. The Hall–Kier alpha value is -2.16. The topological polar surface area (TPSA) is 33.2 Å². The van der Waals surface area contributed by atoms with Crippen LogP contribution in [0.25, 0.3) is 0 Å². The van der Waals surface area contributed by atoms with Crippen molar-refractivity contribution < 1.29 is 4.79 Å². The maximum Gasteiger partial charge on any atom is 0.241 e. The smallest absolute Gasteiger partial charge is 0.241 e. The Labute approximate surface area is 118 Å². The molecule has 0 saturated heterocycles. The summed E-state index contributed by atoms with van der Waals surface area (Å²) in [7, 11) is 1.86. The highest BCUT2D eigenvalue weighted by molar-refractivity contribution is 6.10. The van der Waals surface area contributed by atoms with Crippen LogP contribution in [0.2, 0.25) is 0 Å². The van der Waals surface area contributed by atoms with Crippen LogP contribution in [0.3, 0.4) is 0 Å². The van der Waals surface area contributed by atoms with Crippen LogP contribution in [0, 0.1) is 0 Å². The number of anilines is 1. The largest absolute Gasteiger partial charge is 0.313 e. The minimum atomic E-state index is -0.484. The highest BCUT2D eigenvalue weighted by Crippen LogP contribution is 2.51. The molecule has 4 rings (SSSR count). The van der Waals surface area contributed by atoms with Crippen LogP contribution in [-0.2, 0) is 16.6 Å². The molecule has 20 heavy (non-hydrogen) atoms. The van der Waals surface area contributed by atoms with E-state index in [4.69, 9.17) is 0 Å². The number of hydrogen-bond acceptors (Lipinski definition) is 2. The Bertz CT molecular complexity index is 710. The molecule has 0 fully saturated rings. The molecule has 1 aliphatic carbocycles. The summed E-state index contributed by atoms with van der Waals surface area (Å²) < 4.78 is 0. The van der Waals surface area contributed by atoms with E-state index >= 15 is 0 Å². The molecule has 1 atom stereocenters. The molecule has 1 amide bonds. The van der Waals surface area contributed by atoms with E-state index in [-0.39, 0.29) is 5.91 Å². The molecule has 1 aromatic heterocycles. The van der Waals surface area contributed by atoms with Gasteiger partial charge in [0.25, 0.3) is 0 Å². The summed E-state index contributed by atoms with van der Waals surface area (Å²) in [6, 6.07) is 10.4. The van der Waals surface area contributed by atoms with Crippen LogP contribution in [0.1, 0.15) is 29.5 Å². The number of benzene rings is 1. The number of pyridine rings is 1. The molecule has 1 aromatic carbocycles. The maximum absolute atomic E-state index is 13.0. The van der Waals surface area contributed by atoms with E-state index in [1.807, 2.05) is 19.2 Å². The predicted octanol–water partition coefficient (Wildman–Crippen LogP) is 2.68. The average Bonchev–Trinajstić information content (AvgIpc) is 2.72. The fraction of sp³-hybridized carbons (Fsp3) is 0.294. The van der Waals surface area contributed by atoms with E-state index in [0.717, 1.165) is 30.5 Å². The van der Waals surface area contributed by atoms with Crippen LogP contribution in [-0.4, -0.2) is 17.9 Å². The zero-order chi connectivity index (χ0) is 13.7. The number of hydrogen-bond donors (Lipinski definition) is 0. The Morgan fingerprint density at radius 1 is 1.20 bits per heavy atom.